The Morgan fingerprint density at radius 1 is 1.32 bits per heavy atom. The summed E-state index contributed by atoms with van der Waals surface area (Å²) in [6.07, 6.45) is 6.88. The van der Waals surface area contributed by atoms with E-state index in [1.165, 1.54) is 6.21 Å². The highest BCUT2D eigenvalue weighted by molar-refractivity contribution is 6.23. The molecule has 1 heterocycles. The van der Waals surface area contributed by atoms with Crippen molar-refractivity contribution in [3.63, 3.8) is 0 Å². The van der Waals surface area contributed by atoms with Crippen LogP contribution < -0.4 is 11.1 Å². The van der Waals surface area contributed by atoms with Gasteiger partial charge in [0.15, 0.2) is 5.92 Å². The fraction of sp³-hybridized carbons (Fsp3) is 0.733. The molecule has 0 bridgehead atoms. The van der Waals surface area contributed by atoms with Gasteiger partial charge in [0.05, 0.1) is 6.04 Å². The van der Waals surface area contributed by atoms with Crippen molar-refractivity contribution < 1.29 is 14.4 Å². The second-order valence-electron chi connectivity index (χ2n) is 5.93. The van der Waals surface area contributed by atoms with Gasteiger partial charge in [0, 0.05) is 18.8 Å². The van der Waals surface area contributed by atoms with Crippen LogP contribution in [0.5, 0.6) is 0 Å². The molecule has 0 aromatic rings. The predicted octanol–water partition coefficient (Wildman–Crippen LogP) is 0.822. The summed E-state index contributed by atoms with van der Waals surface area (Å²) in [4.78, 5) is 41.4. The number of nitrogens with zero attached hydrogens (tertiary/aromatic N) is 2. The summed E-state index contributed by atoms with van der Waals surface area (Å²) in [5.41, 5.74) is 6.02. The molecule has 1 aliphatic heterocycles. The highest BCUT2D eigenvalue weighted by Gasteiger charge is 2.39. The zero-order valence-electron chi connectivity index (χ0n) is 13.0. The number of amides is 4. The summed E-state index contributed by atoms with van der Waals surface area (Å²) in [6, 6.07) is -0.705. The first-order valence-corrected chi connectivity index (χ1v) is 7.99. The molecule has 1 saturated carbocycles. The Labute approximate surface area is 130 Å². The van der Waals surface area contributed by atoms with E-state index in [0.29, 0.717) is 13.0 Å². The predicted molar refractivity (Wildman–Crippen MR) is 82.4 cm³/mol. The molecule has 4 amide bonds. The van der Waals surface area contributed by atoms with Crippen molar-refractivity contribution in [1.82, 2.24) is 10.2 Å². The quantitative estimate of drug-likeness (QED) is 0.579. The van der Waals surface area contributed by atoms with Crippen LogP contribution in [-0.4, -0.2) is 47.6 Å². The fourth-order valence-electron chi connectivity index (χ4n) is 2.81. The fourth-order valence-corrected chi connectivity index (χ4v) is 2.81. The Hall–Kier alpha value is -1.76. The number of barbiturate groups is 1. The summed E-state index contributed by atoms with van der Waals surface area (Å²) in [5, 5.41) is 2.22. The number of carbonyl (C=O) groups excluding carboxylic acids is 3. The molecule has 3 N–H and O–H groups in total. The van der Waals surface area contributed by atoms with Crippen LogP contribution in [0.3, 0.4) is 0 Å². The van der Waals surface area contributed by atoms with Gasteiger partial charge >= 0.3 is 6.03 Å². The van der Waals surface area contributed by atoms with Gasteiger partial charge in [0.25, 0.3) is 0 Å². The van der Waals surface area contributed by atoms with Crippen LogP contribution in [0.1, 0.15) is 45.4 Å². The third-order valence-electron chi connectivity index (χ3n) is 4.23. The molecule has 7 heteroatoms. The molecule has 0 aromatic carbocycles. The van der Waals surface area contributed by atoms with E-state index in [1.807, 2.05) is 6.92 Å². The summed E-state index contributed by atoms with van der Waals surface area (Å²) in [6.45, 7) is 2.29. The molecule has 122 valence electrons. The summed E-state index contributed by atoms with van der Waals surface area (Å²) in [7, 11) is 0. The zero-order chi connectivity index (χ0) is 16.1. The van der Waals surface area contributed by atoms with Gasteiger partial charge < -0.3 is 5.73 Å². The highest BCUT2D eigenvalue weighted by atomic mass is 16.2. The summed E-state index contributed by atoms with van der Waals surface area (Å²) in [5.74, 6) is -2.12. The molecule has 1 aliphatic carbocycles. The lowest BCUT2D eigenvalue weighted by Crippen LogP contribution is -2.58. The van der Waals surface area contributed by atoms with Crippen molar-refractivity contribution in [2.24, 2.45) is 16.6 Å². The van der Waals surface area contributed by atoms with E-state index >= 15 is 0 Å². The third kappa shape index (κ3) is 3.71. The van der Waals surface area contributed by atoms with Gasteiger partial charge in [-0.1, -0.05) is 26.2 Å². The molecule has 0 unspecified atom stereocenters. The minimum absolute atomic E-state index is 0.0235. The van der Waals surface area contributed by atoms with Crippen LogP contribution in [0.25, 0.3) is 0 Å². The van der Waals surface area contributed by atoms with Crippen LogP contribution in [-0.2, 0) is 9.59 Å². The van der Waals surface area contributed by atoms with Gasteiger partial charge in [-0.25, -0.2) is 4.79 Å². The molecule has 2 fully saturated rings. The Morgan fingerprint density at radius 2 is 2.05 bits per heavy atom. The van der Waals surface area contributed by atoms with Gasteiger partial charge in [0.2, 0.25) is 11.8 Å². The van der Waals surface area contributed by atoms with E-state index < -0.39 is 23.8 Å². The normalized spacial score (nSPS) is 30.0. The second-order valence-corrected chi connectivity index (χ2v) is 5.93. The maximum absolute atomic E-state index is 12.3. The molecule has 7 nitrogen and oxygen atoms in total. The van der Waals surface area contributed by atoms with Crippen LogP contribution >= 0.6 is 0 Å². The minimum atomic E-state index is -1.02. The lowest BCUT2D eigenvalue weighted by atomic mass is 9.91. The summed E-state index contributed by atoms with van der Waals surface area (Å²) >= 11 is 0. The van der Waals surface area contributed by atoms with Crippen molar-refractivity contribution in [2.75, 3.05) is 6.54 Å². The number of hydrogen-bond donors (Lipinski definition) is 2. The Balaban J connectivity index is 2.06. The molecular formula is C15H24N4O3. The maximum Gasteiger partial charge on any atom is 0.330 e. The molecule has 0 aromatic heterocycles. The van der Waals surface area contributed by atoms with E-state index in [-0.39, 0.29) is 12.1 Å². The van der Waals surface area contributed by atoms with E-state index in [0.717, 1.165) is 37.0 Å². The number of rotatable bonds is 5. The molecule has 0 spiro atoms. The molecule has 1 saturated heterocycles. The molecular weight excluding hydrogens is 284 g/mol. The lowest BCUT2D eigenvalue weighted by Gasteiger charge is -2.29. The number of nitrogens with one attached hydrogen (secondary N) is 1. The van der Waals surface area contributed by atoms with E-state index in [2.05, 4.69) is 10.3 Å². The lowest BCUT2D eigenvalue weighted by molar-refractivity contribution is -0.139. The van der Waals surface area contributed by atoms with Gasteiger partial charge in [0.1, 0.15) is 0 Å². The van der Waals surface area contributed by atoms with Crippen molar-refractivity contribution in [2.45, 2.75) is 57.5 Å². The first-order chi connectivity index (χ1) is 10.5. The van der Waals surface area contributed by atoms with Gasteiger partial charge in [-0.2, -0.15) is 0 Å². The Bertz CT molecular complexity index is 477. The van der Waals surface area contributed by atoms with Gasteiger partial charge in [-0.05, 0) is 19.3 Å². The van der Waals surface area contributed by atoms with Crippen molar-refractivity contribution >= 4 is 24.1 Å². The minimum Gasteiger partial charge on any atom is -0.326 e. The number of carbonyl (C=O) groups is 3. The highest BCUT2D eigenvalue weighted by Crippen LogP contribution is 2.20. The van der Waals surface area contributed by atoms with E-state index in [9.17, 15) is 14.4 Å². The molecule has 0 radical (unpaired) electrons. The SMILES string of the molecule is CCCCN1C(=O)NC(=O)[C@H](C=N[C@@H]2CCCC[C@H]2N)C1=O. The Kier molecular flexibility index (Phi) is 5.65. The first-order valence-electron chi connectivity index (χ1n) is 7.99. The van der Waals surface area contributed by atoms with Crippen LogP contribution in [0.2, 0.25) is 0 Å². The standard InChI is InChI=1S/C15H24N4O3/c1-2-3-8-19-14(21)10(13(20)18-15(19)22)9-17-12-7-5-4-6-11(12)16/h9-12H,2-8,16H2,1H3,(H,18,20,22)/t10-,11+,12+/m0/s1. The Morgan fingerprint density at radius 3 is 2.73 bits per heavy atom. The molecule has 2 rings (SSSR count). The third-order valence-corrected chi connectivity index (χ3v) is 4.23. The van der Waals surface area contributed by atoms with Crippen molar-refractivity contribution in [3.05, 3.63) is 0 Å². The van der Waals surface area contributed by atoms with Gasteiger partial charge in [-0.3, -0.25) is 24.8 Å². The first kappa shape index (κ1) is 16.6. The average molecular weight is 308 g/mol. The molecule has 2 aliphatic rings. The second kappa shape index (κ2) is 7.49. The molecule has 22 heavy (non-hydrogen) atoms. The number of imide groups is 2. The number of nitrogens with two attached hydrogens (primary N) is 1. The number of aliphatic imine (C=N–C) groups is 1. The smallest absolute Gasteiger partial charge is 0.326 e. The maximum atomic E-state index is 12.3. The number of hydrogen-bond acceptors (Lipinski definition) is 5. The monoisotopic (exact) mass is 308 g/mol. The number of unbranched alkanes of at least 4 members (excludes halogenated alkanes) is 1. The van der Waals surface area contributed by atoms with Crippen molar-refractivity contribution in [1.29, 1.82) is 0 Å². The zero-order valence-corrected chi connectivity index (χ0v) is 13.0. The van der Waals surface area contributed by atoms with Gasteiger partial charge in [-0.15, -0.1) is 0 Å². The van der Waals surface area contributed by atoms with Crippen LogP contribution in [0, 0.1) is 5.92 Å². The molecule has 3 atom stereocenters. The topological polar surface area (TPSA) is 105 Å². The average Bonchev–Trinajstić information content (AvgIpc) is 2.48. The number of urea groups is 1. The summed E-state index contributed by atoms with van der Waals surface area (Å²) < 4.78 is 0. The van der Waals surface area contributed by atoms with Crippen LogP contribution in [0.15, 0.2) is 4.99 Å². The van der Waals surface area contributed by atoms with Crippen molar-refractivity contribution in [3.8, 4) is 0 Å². The largest absolute Gasteiger partial charge is 0.330 e. The van der Waals surface area contributed by atoms with E-state index in [4.69, 9.17) is 5.73 Å². The van der Waals surface area contributed by atoms with Crippen LogP contribution in [0.4, 0.5) is 4.79 Å². The van der Waals surface area contributed by atoms with E-state index in [1.54, 1.807) is 0 Å².